The van der Waals surface area contributed by atoms with E-state index < -0.39 is 6.10 Å². The highest BCUT2D eigenvalue weighted by Crippen LogP contribution is 2.24. The minimum absolute atomic E-state index is 0.00768. The van der Waals surface area contributed by atoms with Gasteiger partial charge in [0, 0.05) is 19.5 Å². The third-order valence-electron chi connectivity index (χ3n) is 4.19. The van der Waals surface area contributed by atoms with Crippen LogP contribution in [0.5, 0.6) is 0 Å². The van der Waals surface area contributed by atoms with Crippen molar-refractivity contribution in [3.05, 3.63) is 35.6 Å². The maximum atomic E-state index is 13.7. The van der Waals surface area contributed by atoms with E-state index >= 15 is 0 Å². The van der Waals surface area contributed by atoms with Gasteiger partial charge in [0.05, 0.1) is 6.10 Å². The van der Waals surface area contributed by atoms with Crippen LogP contribution < -0.4 is 0 Å². The van der Waals surface area contributed by atoms with Crippen LogP contribution in [-0.2, 0) is 4.79 Å². The number of likely N-dealkylation sites (tertiary alicyclic amines) is 1. The Bertz CT molecular complexity index is 477. The molecule has 0 radical (unpaired) electrons. The summed E-state index contributed by atoms with van der Waals surface area (Å²) in [4.78, 5) is 13.9. The molecule has 1 fully saturated rings. The van der Waals surface area contributed by atoms with Gasteiger partial charge in [-0.05, 0) is 29.9 Å². The first-order chi connectivity index (χ1) is 9.49. The lowest BCUT2D eigenvalue weighted by atomic mass is 9.93. The van der Waals surface area contributed by atoms with Crippen LogP contribution in [0, 0.1) is 11.7 Å². The van der Waals surface area contributed by atoms with Crippen molar-refractivity contribution in [1.82, 2.24) is 4.90 Å². The summed E-state index contributed by atoms with van der Waals surface area (Å²) in [6.07, 6.45) is 0.653. The lowest BCUT2D eigenvalue weighted by Crippen LogP contribution is -2.46. The van der Waals surface area contributed by atoms with Gasteiger partial charge in [0.1, 0.15) is 5.82 Å². The standard InChI is InChI=1S/C16H22FNO2/c1-11-7-8-18(10-15(11)19)16(20)9-12(2)13-5-3-4-6-14(13)17/h3-6,11-12,15,19H,7-10H2,1-2H3. The van der Waals surface area contributed by atoms with Crippen molar-refractivity contribution in [3.8, 4) is 0 Å². The maximum absolute atomic E-state index is 13.7. The van der Waals surface area contributed by atoms with Gasteiger partial charge in [-0.3, -0.25) is 4.79 Å². The molecule has 0 aromatic heterocycles. The Morgan fingerprint density at radius 1 is 1.50 bits per heavy atom. The predicted octanol–water partition coefficient (Wildman–Crippen LogP) is 2.55. The second-order valence-corrected chi connectivity index (χ2v) is 5.80. The monoisotopic (exact) mass is 279 g/mol. The van der Waals surface area contributed by atoms with Crippen LogP contribution in [0.4, 0.5) is 4.39 Å². The van der Waals surface area contributed by atoms with Crippen LogP contribution in [-0.4, -0.2) is 35.1 Å². The fraction of sp³-hybridized carbons (Fsp3) is 0.562. The SMILES string of the molecule is CC(CC(=O)N1CCC(C)C(O)C1)c1ccccc1F. The topological polar surface area (TPSA) is 40.5 Å². The molecule has 3 nitrogen and oxygen atoms in total. The van der Waals surface area contributed by atoms with Gasteiger partial charge in [0.15, 0.2) is 0 Å². The molecular formula is C16H22FNO2. The minimum atomic E-state index is -0.448. The van der Waals surface area contributed by atoms with E-state index in [0.29, 0.717) is 18.7 Å². The van der Waals surface area contributed by atoms with Crippen molar-refractivity contribution >= 4 is 5.91 Å². The third-order valence-corrected chi connectivity index (χ3v) is 4.19. The lowest BCUT2D eigenvalue weighted by Gasteiger charge is -2.34. The fourth-order valence-electron chi connectivity index (χ4n) is 2.65. The first-order valence-electron chi connectivity index (χ1n) is 7.19. The number of amides is 1. The van der Waals surface area contributed by atoms with Gasteiger partial charge in [0.2, 0.25) is 5.91 Å². The number of hydrogen-bond donors (Lipinski definition) is 1. The number of carbonyl (C=O) groups is 1. The molecule has 1 saturated heterocycles. The van der Waals surface area contributed by atoms with Crippen molar-refractivity contribution in [2.75, 3.05) is 13.1 Å². The number of nitrogens with zero attached hydrogens (tertiary/aromatic N) is 1. The largest absolute Gasteiger partial charge is 0.391 e. The van der Waals surface area contributed by atoms with E-state index in [0.717, 1.165) is 6.42 Å². The van der Waals surface area contributed by atoms with Crippen LogP contribution in [0.25, 0.3) is 0 Å². The molecule has 0 bridgehead atoms. The van der Waals surface area contributed by atoms with Gasteiger partial charge >= 0.3 is 0 Å². The molecule has 1 N–H and O–H groups in total. The molecular weight excluding hydrogens is 257 g/mol. The van der Waals surface area contributed by atoms with E-state index in [-0.39, 0.29) is 30.0 Å². The van der Waals surface area contributed by atoms with E-state index in [4.69, 9.17) is 0 Å². The molecule has 1 aliphatic heterocycles. The Hall–Kier alpha value is -1.42. The quantitative estimate of drug-likeness (QED) is 0.923. The second-order valence-electron chi connectivity index (χ2n) is 5.80. The molecule has 3 unspecified atom stereocenters. The predicted molar refractivity (Wildman–Crippen MR) is 75.8 cm³/mol. The van der Waals surface area contributed by atoms with Crippen LogP contribution in [0.3, 0.4) is 0 Å². The first-order valence-corrected chi connectivity index (χ1v) is 7.19. The van der Waals surface area contributed by atoms with Crippen LogP contribution >= 0.6 is 0 Å². The van der Waals surface area contributed by atoms with Crippen molar-refractivity contribution in [3.63, 3.8) is 0 Å². The molecule has 1 amide bonds. The molecule has 2 rings (SSSR count). The fourth-order valence-corrected chi connectivity index (χ4v) is 2.65. The maximum Gasteiger partial charge on any atom is 0.223 e. The summed E-state index contributed by atoms with van der Waals surface area (Å²) in [6, 6.07) is 6.57. The molecule has 4 heteroatoms. The average molecular weight is 279 g/mol. The third kappa shape index (κ3) is 3.37. The normalized spacial score (nSPS) is 24.5. The van der Waals surface area contributed by atoms with Crippen molar-refractivity contribution in [2.45, 2.75) is 38.7 Å². The Labute approximate surface area is 119 Å². The molecule has 20 heavy (non-hydrogen) atoms. The zero-order chi connectivity index (χ0) is 14.7. The molecule has 0 spiro atoms. The Balaban J connectivity index is 1.96. The van der Waals surface area contributed by atoms with Gasteiger partial charge in [-0.2, -0.15) is 0 Å². The van der Waals surface area contributed by atoms with Crippen LogP contribution in [0.1, 0.15) is 38.2 Å². The molecule has 0 aliphatic carbocycles. The van der Waals surface area contributed by atoms with Gasteiger partial charge in [0.25, 0.3) is 0 Å². The molecule has 110 valence electrons. The number of hydrogen-bond acceptors (Lipinski definition) is 2. The lowest BCUT2D eigenvalue weighted by molar-refractivity contribution is -0.135. The molecule has 1 aliphatic rings. The number of aliphatic hydroxyl groups excluding tert-OH is 1. The molecule has 3 atom stereocenters. The summed E-state index contributed by atoms with van der Waals surface area (Å²) >= 11 is 0. The van der Waals surface area contributed by atoms with Crippen LogP contribution in [0.15, 0.2) is 24.3 Å². The van der Waals surface area contributed by atoms with E-state index in [1.807, 2.05) is 13.8 Å². The van der Waals surface area contributed by atoms with Crippen molar-refractivity contribution in [1.29, 1.82) is 0 Å². The Morgan fingerprint density at radius 3 is 2.85 bits per heavy atom. The molecule has 1 aromatic carbocycles. The number of rotatable bonds is 3. The Morgan fingerprint density at radius 2 is 2.20 bits per heavy atom. The van der Waals surface area contributed by atoms with Crippen LogP contribution in [0.2, 0.25) is 0 Å². The highest BCUT2D eigenvalue weighted by molar-refractivity contribution is 5.77. The van der Waals surface area contributed by atoms with Crippen molar-refractivity contribution in [2.24, 2.45) is 5.92 Å². The zero-order valence-corrected chi connectivity index (χ0v) is 12.1. The van der Waals surface area contributed by atoms with Gasteiger partial charge in [-0.25, -0.2) is 4.39 Å². The number of halogens is 1. The summed E-state index contributed by atoms with van der Waals surface area (Å²) in [7, 11) is 0. The molecule has 0 saturated carbocycles. The molecule has 1 heterocycles. The minimum Gasteiger partial charge on any atom is -0.391 e. The smallest absolute Gasteiger partial charge is 0.223 e. The first kappa shape index (κ1) is 15.0. The van der Waals surface area contributed by atoms with Gasteiger partial charge < -0.3 is 10.0 Å². The Kier molecular flexibility index (Phi) is 4.76. The van der Waals surface area contributed by atoms with Crippen molar-refractivity contribution < 1.29 is 14.3 Å². The van der Waals surface area contributed by atoms with E-state index in [1.54, 1.807) is 23.1 Å². The van der Waals surface area contributed by atoms with Gasteiger partial charge in [-0.15, -0.1) is 0 Å². The summed E-state index contributed by atoms with van der Waals surface area (Å²) in [6.45, 7) is 4.93. The number of β-amino-alcohol motifs (C(OH)–C–C–N with tert-alkyl or cyclic N) is 1. The second kappa shape index (κ2) is 6.35. The summed E-state index contributed by atoms with van der Waals surface area (Å²) in [5.41, 5.74) is 0.576. The van der Waals surface area contributed by atoms with E-state index in [9.17, 15) is 14.3 Å². The summed E-state index contributed by atoms with van der Waals surface area (Å²) in [5, 5.41) is 9.84. The number of aliphatic hydroxyl groups is 1. The number of benzene rings is 1. The number of piperidine rings is 1. The van der Waals surface area contributed by atoms with E-state index in [2.05, 4.69) is 0 Å². The summed E-state index contributed by atoms with van der Waals surface area (Å²) < 4.78 is 13.7. The highest BCUT2D eigenvalue weighted by atomic mass is 19.1. The van der Waals surface area contributed by atoms with Gasteiger partial charge in [-0.1, -0.05) is 32.0 Å². The average Bonchev–Trinajstić information content (AvgIpc) is 2.42. The van der Waals surface area contributed by atoms with E-state index in [1.165, 1.54) is 6.07 Å². The molecule has 1 aromatic rings. The summed E-state index contributed by atoms with van der Waals surface area (Å²) in [5.74, 6) is -0.185. The highest BCUT2D eigenvalue weighted by Gasteiger charge is 2.28. The number of carbonyl (C=O) groups excluding carboxylic acids is 1. The zero-order valence-electron chi connectivity index (χ0n) is 12.1.